The van der Waals surface area contributed by atoms with E-state index in [1.807, 2.05) is 12.1 Å². The number of nitrogens with one attached hydrogen (secondary N) is 1. The Labute approximate surface area is 249 Å². The number of benzene rings is 2. The maximum Gasteiger partial charge on any atom is 0.258 e. The van der Waals surface area contributed by atoms with E-state index in [9.17, 15) is 9.18 Å². The first kappa shape index (κ1) is 26.9. The summed E-state index contributed by atoms with van der Waals surface area (Å²) in [6.07, 6.45) is 9.23. The van der Waals surface area contributed by atoms with Crippen molar-refractivity contribution in [2.45, 2.75) is 44.2 Å². The molecular weight excluding hydrogens is 551 g/mol. The number of fused-ring (bicyclic) bond motifs is 3. The number of allylic oxidation sites excluding steroid dienone is 1. The topological polar surface area (TPSA) is 59.4 Å². The van der Waals surface area contributed by atoms with Crippen molar-refractivity contribution in [3.05, 3.63) is 122 Å². The molecule has 1 fully saturated rings. The number of hydrogen-bond acceptors (Lipinski definition) is 5. The van der Waals surface area contributed by atoms with E-state index in [1.165, 1.54) is 17.2 Å². The highest BCUT2D eigenvalue weighted by atomic mass is 35.5. The first-order valence-corrected chi connectivity index (χ1v) is 14.9. The zero-order chi connectivity index (χ0) is 28.7. The minimum absolute atomic E-state index is 0.0430. The fourth-order valence-electron chi connectivity index (χ4n) is 6.57. The number of halogens is 2. The zero-order valence-corrected chi connectivity index (χ0v) is 24.0. The molecule has 2 aliphatic heterocycles. The van der Waals surface area contributed by atoms with Crippen LogP contribution < -0.4 is 15.6 Å². The van der Waals surface area contributed by atoms with E-state index in [0.717, 1.165) is 80.1 Å². The van der Waals surface area contributed by atoms with Crippen molar-refractivity contribution >= 4 is 29.1 Å². The van der Waals surface area contributed by atoms with Crippen molar-refractivity contribution in [2.24, 2.45) is 0 Å². The van der Waals surface area contributed by atoms with E-state index in [1.54, 1.807) is 41.2 Å². The summed E-state index contributed by atoms with van der Waals surface area (Å²) in [4.78, 5) is 19.7. The Bertz CT molecular complexity index is 1720. The number of aromatic nitrogens is 2. The molecule has 0 saturated carbocycles. The van der Waals surface area contributed by atoms with Crippen molar-refractivity contribution in [1.82, 2.24) is 14.5 Å². The van der Waals surface area contributed by atoms with Gasteiger partial charge in [-0.1, -0.05) is 29.8 Å². The summed E-state index contributed by atoms with van der Waals surface area (Å²) in [7, 11) is 0. The quantitative estimate of drug-likeness (QED) is 0.280. The average Bonchev–Trinajstić information content (AvgIpc) is 3.34. The van der Waals surface area contributed by atoms with E-state index >= 15 is 0 Å². The number of ether oxygens (including phenoxy) is 1. The standard InChI is InChI=1S/C34H32ClFN4O2/c35-26-4-6-28(37-19-26)21-42-30-9-12-40(33(41)18-30)29-7-3-24-15-23(1-2-25(24)16-29)20-39-13-10-34(11-14-39)22-38-32-8-5-27(36)17-31(32)34/h1-2,4-6,8-9,12,15-19,38H,3,7,10-11,13-14,20-22H2. The molecule has 4 aromatic rings. The molecule has 214 valence electrons. The van der Waals surface area contributed by atoms with Crippen molar-refractivity contribution in [2.75, 3.05) is 25.0 Å². The summed E-state index contributed by atoms with van der Waals surface area (Å²) in [5.41, 5.74) is 7.68. The molecule has 0 atom stereocenters. The van der Waals surface area contributed by atoms with Crippen LogP contribution in [0.25, 0.3) is 11.8 Å². The van der Waals surface area contributed by atoms with Gasteiger partial charge in [-0.25, -0.2) is 4.39 Å². The lowest BCUT2D eigenvalue weighted by molar-refractivity contribution is 0.162. The lowest BCUT2D eigenvalue weighted by Crippen LogP contribution is -2.43. The fourth-order valence-corrected chi connectivity index (χ4v) is 6.68. The molecule has 0 amide bonds. The number of anilines is 1. The van der Waals surface area contributed by atoms with Crippen molar-refractivity contribution in [3.8, 4) is 5.75 Å². The Balaban J connectivity index is 0.990. The largest absolute Gasteiger partial charge is 0.487 e. The van der Waals surface area contributed by atoms with E-state index in [2.05, 4.69) is 39.5 Å². The molecule has 0 bridgehead atoms. The number of rotatable bonds is 6. The molecule has 2 aromatic heterocycles. The second-order valence-electron chi connectivity index (χ2n) is 11.6. The Morgan fingerprint density at radius 1 is 1.02 bits per heavy atom. The van der Waals surface area contributed by atoms with Crippen molar-refractivity contribution in [1.29, 1.82) is 0 Å². The number of piperidine rings is 1. The van der Waals surface area contributed by atoms with E-state index in [0.29, 0.717) is 10.8 Å². The van der Waals surface area contributed by atoms with Crippen LogP contribution in [0.3, 0.4) is 0 Å². The zero-order valence-electron chi connectivity index (χ0n) is 23.3. The monoisotopic (exact) mass is 582 g/mol. The number of pyridine rings is 2. The van der Waals surface area contributed by atoms with Gasteiger partial charge in [0.1, 0.15) is 18.2 Å². The van der Waals surface area contributed by atoms with Gasteiger partial charge in [0.25, 0.3) is 5.56 Å². The second-order valence-corrected chi connectivity index (χ2v) is 12.0. The molecule has 42 heavy (non-hydrogen) atoms. The van der Waals surface area contributed by atoms with E-state index in [-0.39, 0.29) is 23.4 Å². The van der Waals surface area contributed by atoms with Gasteiger partial charge in [-0.2, -0.15) is 0 Å². The number of nitrogens with zero attached hydrogens (tertiary/aromatic N) is 3. The predicted molar refractivity (Wildman–Crippen MR) is 164 cm³/mol. The first-order chi connectivity index (χ1) is 20.4. The van der Waals surface area contributed by atoms with Crippen LogP contribution in [0.5, 0.6) is 5.75 Å². The van der Waals surface area contributed by atoms with E-state index in [4.69, 9.17) is 16.3 Å². The van der Waals surface area contributed by atoms with Crippen molar-refractivity contribution in [3.63, 3.8) is 0 Å². The third-order valence-corrected chi connectivity index (χ3v) is 9.17. The van der Waals surface area contributed by atoms with Crippen molar-refractivity contribution < 1.29 is 9.13 Å². The molecule has 1 N–H and O–H groups in total. The van der Waals surface area contributed by atoms with Gasteiger partial charge < -0.3 is 10.1 Å². The lowest BCUT2D eigenvalue weighted by atomic mass is 9.74. The molecule has 3 aliphatic rings. The summed E-state index contributed by atoms with van der Waals surface area (Å²) in [6.45, 7) is 4.07. The summed E-state index contributed by atoms with van der Waals surface area (Å²) in [6, 6.07) is 18.8. The van der Waals surface area contributed by atoms with Gasteiger partial charge in [0.05, 0.1) is 10.7 Å². The smallest absolute Gasteiger partial charge is 0.258 e. The summed E-state index contributed by atoms with van der Waals surface area (Å²) in [5.74, 6) is 0.364. The number of aryl methyl sites for hydroxylation is 1. The molecule has 0 unspecified atom stereocenters. The van der Waals surface area contributed by atoms with Crippen LogP contribution >= 0.6 is 11.6 Å². The fraction of sp³-hybridized carbons (Fsp3) is 0.294. The van der Waals surface area contributed by atoms with Gasteiger partial charge in [-0.3, -0.25) is 19.2 Å². The van der Waals surface area contributed by atoms with Crippen LogP contribution in [-0.4, -0.2) is 34.1 Å². The third kappa shape index (κ3) is 5.35. The molecule has 0 radical (unpaired) electrons. The highest BCUT2D eigenvalue weighted by Gasteiger charge is 2.41. The van der Waals surface area contributed by atoms with Crippen LogP contribution in [0.15, 0.2) is 77.9 Å². The van der Waals surface area contributed by atoms with Gasteiger partial charge >= 0.3 is 0 Å². The van der Waals surface area contributed by atoms with Gasteiger partial charge in [0.2, 0.25) is 0 Å². The minimum atomic E-state index is -0.149. The Hall–Kier alpha value is -3.94. The first-order valence-electron chi connectivity index (χ1n) is 14.5. The Kier molecular flexibility index (Phi) is 7.08. The lowest BCUT2D eigenvalue weighted by Gasteiger charge is -2.39. The molecule has 8 heteroatoms. The molecule has 2 aromatic carbocycles. The van der Waals surface area contributed by atoms with Gasteiger partial charge in [0, 0.05) is 48.3 Å². The van der Waals surface area contributed by atoms with Crippen LogP contribution in [0.1, 0.15) is 47.2 Å². The summed E-state index contributed by atoms with van der Waals surface area (Å²) < 4.78 is 21.5. The van der Waals surface area contributed by atoms with Crippen LogP contribution in [-0.2, 0) is 25.0 Å². The molecule has 4 heterocycles. The second kappa shape index (κ2) is 11.0. The summed E-state index contributed by atoms with van der Waals surface area (Å²) in [5, 5.41) is 4.07. The normalized spacial score (nSPS) is 17.3. The third-order valence-electron chi connectivity index (χ3n) is 8.95. The SMILES string of the molecule is O=c1cc(OCc2ccc(Cl)cn2)ccn1C1=Cc2ccc(CN3CCC4(CC3)CNc3ccc(F)cc34)cc2CC1. The predicted octanol–water partition coefficient (Wildman–Crippen LogP) is 6.52. The molecule has 6 nitrogen and oxygen atoms in total. The van der Waals surface area contributed by atoms with E-state index < -0.39 is 0 Å². The molecule has 1 aliphatic carbocycles. The highest BCUT2D eigenvalue weighted by Crippen LogP contribution is 2.44. The molecule has 7 rings (SSSR count). The Morgan fingerprint density at radius 2 is 1.90 bits per heavy atom. The molecule has 1 spiro atoms. The maximum atomic E-state index is 14.0. The number of hydrogen-bond donors (Lipinski definition) is 1. The minimum Gasteiger partial charge on any atom is -0.487 e. The maximum absolute atomic E-state index is 14.0. The van der Waals surface area contributed by atoms with Crippen LogP contribution in [0, 0.1) is 5.82 Å². The van der Waals surface area contributed by atoms with Crippen LogP contribution in [0.4, 0.5) is 10.1 Å². The van der Waals surface area contributed by atoms with Gasteiger partial charge in [-0.15, -0.1) is 0 Å². The Morgan fingerprint density at radius 3 is 2.71 bits per heavy atom. The summed E-state index contributed by atoms with van der Waals surface area (Å²) >= 11 is 5.89. The molecule has 1 saturated heterocycles. The number of likely N-dealkylation sites (tertiary alicyclic amines) is 1. The molecular formula is C34H32ClFN4O2. The average molecular weight is 583 g/mol. The highest BCUT2D eigenvalue weighted by molar-refractivity contribution is 6.30. The van der Waals surface area contributed by atoms with Crippen LogP contribution in [0.2, 0.25) is 5.02 Å². The van der Waals surface area contributed by atoms with Gasteiger partial charge in [-0.05, 0) is 104 Å². The van der Waals surface area contributed by atoms with Gasteiger partial charge in [0.15, 0.2) is 0 Å².